The predicted octanol–water partition coefficient (Wildman–Crippen LogP) is -11.7. The molecule has 0 fully saturated rings. The Morgan fingerprint density at radius 1 is 0.300 bits per heavy atom. The van der Waals surface area contributed by atoms with Crippen LogP contribution in [-0.2, 0) is 0 Å². The molecule has 0 aliphatic heterocycles. The maximum Gasteiger partial charge on any atom is 2.00 e. The van der Waals surface area contributed by atoms with Crippen molar-refractivity contribution in [1.29, 1.82) is 0 Å². The molecule has 0 aliphatic rings. The van der Waals surface area contributed by atoms with Crippen molar-refractivity contribution in [3.05, 3.63) is 0 Å². The molecule has 0 spiro atoms. The monoisotopic (exact) mass is 354 g/mol. The summed E-state index contributed by atoms with van der Waals surface area (Å²) in [6.07, 6.45) is 0. The van der Waals surface area contributed by atoms with Crippen LogP contribution in [0.25, 0.3) is 0 Å². The van der Waals surface area contributed by atoms with Crippen LogP contribution in [0.4, 0.5) is 0 Å². The SMILES string of the molecule is O.O.O.O.O.O.[Cl-].[Cl-].[Sr+2].[Sr+2]. The molecule has 10 heavy (non-hydrogen) atoms. The van der Waals surface area contributed by atoms with Gasteiger partial charge in [0, 0.05) is 0 Å². The van der Waals surface area contributed by atoms with E-state index >= 15 is 0 Å². The van der Waals surface area contributed by atoms with Gasteiger partial charge in [-0.15, -0.1) is 0 Å². The van der Waals surface area contributed by atoms with E-state index in [4.69, 9.17) is 0 Å². The van der Waals surface area contributed by atoms with Crippen molar-refractivity contribution in [2.45, 2.75) is 0 Å². The Kier molecular flexibility index (Phi) is 2660. The van der Waals surface area contributed by atoms with Gasteiger partial charge in [-0.25, -0.2) is 0 Å². The van der Waals surface area contributed by atoms with E-state index in [2.05, 4.69) is 0 Å². The summed E-state index contributed by atoms with van der Waals surface area (Å²) in [6.45, 7) is 0. The molecular formula is H12Cl2O6Sr2+2. The Morgan fingerprint density at radius 3 is 0.300 bits per heavy atom. The van der Waals surface area contributed by atoms with Crippen LogP contribution in [0.3, 0.4) is 0 Å². The van der Waals surface area contributed by atoms with Crippen molar-refractivity contribution in [3.8, 4) is 0 Å². The summed E-state index contributed by atoms with van der Waals surface area (Å²) in [6, 6.07) is 0. The zero-order chi connectivity index (χ0) is 0. The molecule has 64 valence electrons. The van der Waals surface area contributed by atoms with Gasteiger partial charge in [-0.3, -0.25) is 0 Å². The van der Waals surface area contributed by atoms with Crippen molar-refractivity contribution in [2.24, 2.45) is 0 Å². The normalized spacial score (nSPS) is 0. The first-order valence-corrected chi connectivity index (χ1v) is 0. The Bertz CT molecular complexity index is 13.7. The standard InChI is InChI=1S/2ClH.6H2O.2Sr/h2*1H;6*1H2;;/q;;;;;;;;2*+2/p-2. The molecule has 0 radical (unpaired) electrons. The number of hydrogen-bond donors (Lipinski definition) is 0. The van der Waals surface area contributed by atoms with Crippen molar-refractivity contribution in [1.82, 2.24) is 0 Å². The van der Waals surface area contributed by atoms with E-state index in [1.807, 2.05) is 0 Å². The smallest absolute Gasteiger partial charge is 1.00 e. The third-order valence-electron chi connectivity index (χ3n) is 0. The van der Waals surface area contributed by atoms with Gasteiger partial charge in [0.1, 0.15) is 0 Å². The second-order valence-electron chi connectivity index (χ2n) is 0. The molecule has 0 aromatic rings. The van der Waals surface area contributed by atoms with Crippen molar-refractivity contribution in [3.63, 3.8) is 0 Å². The molecule has 0 saturated heterocycles. The van der Waals surface area contributed by atoms with E-state index in [0.717, 1.165) is 0 Å². The Morgan fingerprint density at radius 2 is 0.300 bits per heavy atom. The van der Waals surface area contributed by atoms with Gasteiger partial charge < -0.3 is 57.7 Å². The Labute approximate surface area is 145 Å². The summed E-state index contributed by atoms with van der Waals surface area (Å²) in [5, 5.41) is 0. The van der Waals surface area contributed by atoms with Crippen molar-refractivity contribution >= 4 is 91.0 Å². The Hall–Kier alpha value is 3.30. The fourth-order valence-electron chi connectivity index (χ4n) is 0. The van der Waals surface area contributed by atoms with Gasteiger partial charge in [0.2, 0.25) is 0 Å². The Balaban J connectivity index is 0. The van der Waals surface area contributed by atoms with Crippen LogP contribution in [-0.4, -0.2) is 124 Å². The van der Waals surface area contributed by atoms with E-state index in [1.165, 1.54) is 0 Å². The molecule has 0 aromatic heterocycles. The molecule has 0 rings (SSSR count). The zero-order valence-corrected chi connectivity index (χ0v) is 13.6. The first-order chi connectivity index (χ1) is 0. The molecule has 6 nitrogen and oxygen atoms in total. The summed E-state index contributed by atoms with van der Waals surface area (Å²) in [5.41, 5.74) is 0. The topological polar surface area (TPSA) is 189 Å². The van der Waals surface area contributed by atoms with E-state index in [0.29, 0.717) is 0 Å². The molecule has 10 heteroatoms. The van der Waals surface area contributed by atoms with Gasteiger partial charge in [-0.05, 0) is 0 Å². The molecule has 0 bridgehead atoms. The molecule has 0 unspecified atom stereocenters. The number of halogens is 2. The van der Waals surface area contributed by atoms with Gasteiger partial charge in [-0.2, -0.15) is 0 Å². The first-order valence-electron chi connectivity index (χ1n) is 0. The average Bonchev–Trinajstić information content (AvgIpc) is 0. The fraction of sp³-hybridized carbons (Fsp3) is 0. The molecule has 0 aliphatic carbocycles. The molecule has 0 atom stereocenters. The molecule has 12 N–H and O–H groups in total. The molecule has 0 saturated carbocycles. The molecule has 0 aromatic carbocycles. The van der Waals surface area contributed by atoms with Crippen LogP contribution in [0, 0.1) is 0 Å². The summed E-state index contributed by atoms with van der Waals surface area (Å²) in [5.74, 6) is 0. The van der Waals surface area contributed by atoms with Gasteiger partial charge in [0.15, 0.2) is 0 Å². The minimum atomic E-state index is 0. The van der Waals surface area contributed by atoms with Gasteiger partial charge in [0.05, 0.1) is 0 Å². The van der Waals surface area contributed by atoms with Crippen LogP contribution in [0.1, 0.15) is 0 Å². The third-order valence-corrected chi connectivity index (χ3v) is 0. The second kappa shape index (κ2) is 144. The van der Waals surface area contributed by atoms with Gasteiger partial charge in [-0.1, -0.05) is 0 Å². The molecule has 0 amide bonds. The van der Waals surface area contributed by atoms with E-state index in [1.54, 1.807) is 0 Å². The van der Waals surface area contributed by atoms with Crippen molar-refractivity contribution < 1.29 is 57.7 Å². The fourth-order valence-corrected chi connectivity index (χ4v) is 0. The van der Waals surface area contributed by atoms with Crippen LogP contribution in [0.15, 0.2) is 0 Å². The van der Waals surface area contributed by atoms with E-state index in [-0.39, 0.29) is 149 Å². The van der Waals surface area contributed by atoms with E-state index < -0.39 is 0 Å². The summed E-state index contributed by atoms with van der Waals surface area (Å²) in [7, 11) is 0. The average molecular weight is 354 g/mol. The zero-order valence-electron chi connectivity index (χ0n) is 5.17. The second-order valence-corrected chi connectivity index (χ2v) is 0. The van der Waals surface area contributed by atoms with Gasteiger partial charge >= 0.3 is 91.0 Å². The maximum atomic E-state index is 0. The minimum absolute atomic E-state index is 0. The molecular weight excluding hydrogens is 342 g/mol. The molecule has 0 heterocycles. The van der Waals surface area contributed by atoms with Crippen molar-refractivity contribution in [2.75, 3.05) is 0 Å². The quantitative estimate of drug-likeness (QED) is 0.374. The number of rotatable bonds is 0. The van der Waals surface area contributed by atoms with Crippen LogP contribution in [0.2, 0.25) is 0 Å². The van der Waals surface area contributed by atoms with Crippen LogP contribution in [0.5, 0.6) is 0 Å². The van der Waals surface area contributed by atoms with Crippen LogP contribution < -0.4 is 24.8 Å². The van der Waals surface area contributed by atoms with E-state index in [9.17, 15) is 0 Å². The number of hydrogen-bond acceptors (Lipinski definition) is 0. The predicted molar refractivity (Wildman–Crippen MR) is 33.2 cm³/mol. The maximum absolute atomic E-state index is 0. The summed E-state index contributed by atoms with van der Waals surface area (Å²) >= 11 is 0. The third kappa shape index (κ3) is 110. The first kappa shape index (κ1) is 185. The van der Waals surface area contributed by atoms with Crippen LogP contribution >= 0.6 is 0 Å². The largest absolute Gasteiger partial charge is 2.00 e. The summed E-state index contributed by atoms with van der Waals surface area (Å²) in [4.78, 5) is 0. The minimum Gasteiger partial charge on any atom is -1.00 e. The summed E-state index contributed by atoms with van der Waals surface area (Å²) < 4.78 is 0. The van der Waals surface area contributed by atoms with Gasteiger partial charge in [0.25, 0.3) is 0 Å².